The van der Waals surface area contributed by atoms with Crippen molar-refractivity contribution in [2.45, 2.75) is 6.92 Å². The van der Waals surface area contributed by atoms with Crippen molar-refractivity contribution in [3.63, 3.8) is 0 Å². The quantitative estimate of drug-likeness (QED) is 0.741. The molecule has 112 valence electrons. The van der Waals surface area contributed by atoms with Crippen molar-refractivity contribution in [3.8, 4) is 22.6 Å². The molecule has 0 fully saturated rings. The molecule has 0 unspecified atom stereocenters. The number of fused-ring (bicyclic) bond motifs is 1. The molecule has 22 heavy (non-hydrogen) atoms. The Hall–Kier alpha value is -2.75. The number of aromatic amines is 1. The first-order chi connectivity index (χ1) is 10.7. The lowest BCUT2D eigenvalue weighted by atomic mass is 10.0. The fraction of sp³-hybridized carbons (Fsp3) is 0.167. The highest BCUT2D eigenvalue weighted by molar-refractivity contribution is 6.08. The number of carbonyl (C=O) groups is 1. The second-order valence-corrected chi connectivity index (χ2v) is 5.13. The number of hydrogen-bond donors (Lipinski definition) is 1. The molecule has 3 aromatic rings. The maximum atomic E-state index is 11.4. The Morgan fingerprint density at radius 2 is 1.73 bits per heavy atom. The third kappa shape index (κ3) is 2.13. The first-order valence-corrected chi connectivity index (χ1v) is 6.98. The first kappa shape index (κ1) is 14.2. The van der Waals surface area contributed by atoms with Crippen molar-refractivity contribution in [1.82, 2.24) is 4.98 Å². The Morgan fingerprint density at radius 1 is 1.05 bits per heavy atom. The number of H-pyrrole nitrogens is 1. The van der Waals surface area contributed by atoms with Crippen LogP contribution in [0.1, 0.15) is 15.9 Å². The average Bonchev–Trinajstić information content (AvgIpc) is 2.98. The van der Waals surface area contributed by atoms with Crippen LogP contribution in [0.2, 0.25) is 0 Å². The van der Waals surface area contributed by atoms with Gasteiger partial charge in [0.1, 0.15) is 11.5 Å². The second kappa shape index (κ2) is 5.56. The van der Waals surface area contributed by atoms with Gasteiger partial charge in [-0.2, -0.15) is 0 Å². The summed E-state index contributed by atoms with van der Waals surface area (Å²) >= 11 is 0. The summed E-state index contributed by atoms with van der Waals surface area (Å²) in [5.74, 6) is 1.17. The van der Waals surface area contributed by atoms with E-state index < -0.39 is 0 Å². The monoisotopic (exact) mass is 295 g/mol. The van der Waals surface area contributed by atoms with E-state index in [4.69, 9.17) is 9.47 Å². The first-order valence-electron chi connectivity index (χ1n) is 6.98. The SMILES string of the molecule is COc1cc(OC)c2c(-c3ccc(C)cc3)c[nH]c2c1C=O. The van der Waals surface area contributed by atoms with Crippen molar-refractivity contribution >= 4 is 17.2 Å². The van der Waals surface area contributed by atoms with Gasteiger partial charge in [0.05, 0.1) is 30.7 Å². The molecule has 0 bridgehead atoms. The summed E-state index contributed by atoms with van der Waals surface area (Å²) in [5.41, 5.74) is 4.49. The standard InChI is InChI=1S/C18H17NO3/c1-11-4-6-12(7-5-11)13-9-19-18-14(10-20)15(21-2)8-16(22-3)17(13)18/h4-10,19H,1-3H3. The molecule has 0 aliphatic carbocycles. The van der Waals surface area contributed by atoms with Gasteiger partial charge in [0.2, 0.25) is 0 Å². The summed E-state index contributed by atoms with van der Waals surface area (Å²) in [4.78, 5) is 14.6. The summed E-state index contributed by atoms with van der Waals surface area (Å²) in [6.45, 7) is 2.05. The van der Waals surface area contributed by atoms with E-state index in [1.165, 1.54) is 12.7 Å². The van der Waals surface area contributed by atoms with Crippen LogP contribution in [0.25, 0.3) is 22.0 Å². The van der Waals surface area contributed by atoms with E-state index in [0.29, 0.717) is 17.1 Å². The molecule has 4 nitrogen and oxygen atoms in total. The normalized spacial score (nSPS) is 10.7. The van der Waals surface area contributed by atoms with Gasteiger partial charge in [-0.25, -0.2) is 0 Å². The van der Waals surface area contributed by atoms with E-state index in [0.717, 1.165) is 28.3 Å². The number of hydrogen-bond acceptors (Lipinski definition) is 3. The zero-order chi connectivity index (χ0) is 15.7. The van der Waals surface area contributed by atoms with Gasteiger partial charge in [0, 0.05) is 17.8 Å². The summed E-state index contributed by atoms with van der Waals surface area (Å²) in [6, 6.07) is 9.98. The van der Waals surface area contributed by atoms with Gasteiger partial charge in [-0.3, -0.25) is 4.79 Å². The summed E-state index contributed by atoms with van der Waals surface area (Å²) < 4.78 is 10.8. The minimum Gasteiger partial charge on any atom is -0.496 e. The van der Waals surface area contributed by atoms with E-state index >= 15 is 0 Å². The number of benzene rings is 2. The molecular weight excluding hydrogens is 278 g/mol. The third-order valence-corrected chi connectivity index (χ3v) is 3.84. The van der Waals surface area contributed by atoms with E-state index in [1.54, 1.807) is 13.2 Å². The van der Waals surface area contributed by atoms with Crippen molar-refractivity contribution in [1.29, 1.82) is 0 Å². The van der Waals surface area contributed by atoms with Gasteiger partial charge in [-0.1, -0.05) is 29.8 Å². The number of aryl methyl sites for hydroxylation is 1. The molecular formula is C18H17NO3. The van der Waals surface area contributed by atoms with Gasteiger partial charge in [0.15, 0.2) is 6.29 Å². The lowest BCUT2D eigenvalue weighted by molar-refractivity contribution is 0.112. The third-order valence-electron chi connectivity index (χ3n) is 3.84. The number of ether oxygens (including phenoxy) is 2. The molecule has 0 atom stereocenters. The smallest absolute Gasteiger partial charge is 0.155 e. The summed E-state index contributed by atoms with van der Waals surface area (Å²) in [5, 5.41) is 0.884. The molecule has 4 heteroatoms. The van der Waals surface area contributed by atoms with E-state index in [2.05, 4.69) is 36.2 Å². The van der Waals surface area contributed by atoms with Crippen molar-refractivity contribution in [3.05, 3.63) is 47.7 Å². The number of nitrogens with one attached hydrogen (secondary N) is 1. The highest BCUT2D eigenvalue weighted by Crippen LogP contribution is 2.40. The molecule has 2 aromatic carbocycles. The van der Waals surface area contributed by atoms with E-state index in [-0.39, 0.29) is 0 Å². The molecule has 1 aromatic heterocycles. The Bertz CT molecular complexity index is 832. The largest absolute Gasteiger partial charge is 0.496 e. The van der Waals surface area contributed by atoms with Gasteiger partial charge in [0.25, 0.3) is 0 Å². The minimum atomic E-state index is 0.497. The van der Waals surface area contributed by atoms with Gasteiger partial charge in [-0.15, -0.1) is 0 Å². The highest BCUT2D eigenvalue weighted by Gasteiger charge is 2.18. The van der Waals surface area contributed by atoms with Gasteiger partial charge in [-0.05, 0) is 12.5 Å². The Labute approximate surface area is 128 Å². The number of aldehydes is 1. The summed E-state index contributed by atoms with van der Waals surface area (Å²) in [7, 11) is 3.15. The van der Waals surface area contributed by atoms with Crippen LogP contribution in [-0.2, 0) is 0 Å². The average molecular weight is 295 g/mol. The van der Waals surface area contributed by atoms with E-state index in [9.17, 15) is 4.79 Å². The van der Waals surface area contributed by atoms with Gasteiger partial charge < -0.3 is 14.5 Å². The maximum Gasteiger partial charge on any atom is 0.155 e. The van der Waals surface area contributed by atoms with E-state index in [1.807, 2.05) is 6.20 Å². The molecule has 0 spiro atoms. The molecule has 0 saturated heterocycles. The minimum absolute atomic E-state index is 0.497. The molecule has 1 heterocycles. The number of carbonyl (C=O) groups excluding carboxylic acids is 1. The fourth-order valence-corrected chi connectivity index (χ4v) is 2.69. The molecule has 0 aliphatic rings. The molecule has 3 rings (SSSR count). The Balaban J connectivity index is 2.34. The van der Waals surface area contributed by atoms with Crippen LogP contribution in [-0.4, -0.2) is 25.5 Å². The van der Waals surface area contributed by atoms with Crippen LogP contribution in [0.5, 0.6) is 11.5 Å². The maximum absolute atomic E-state index is 11.4. The Kier molecular flexibility index (Phi) is 3.59. The predicted octanol–water partition coefficient (Wildman–Crippen LogP) is 3.97. The molecule has 0 saturated carbocycles. The molecule has 1 N–H and O–H groups in total. The van der Waals surface area contributed by atoms with Crippen LogP contribution in [0.15, 0.2) is 36.5 Å². The van der Waals surface area contributed by atoms with Crippen molar-refractivity contribution < 1.29 is 14.3 Å². The zero-order valence-electron chi connectivity index (χ0n) is 12.8. The van der Waals surface area contributed by atoms with Crippen LogP contribution in [0.4, 0.5) is 0 Å². The van der Waals surface area contributed by atoms with Crippen LogP contribution >= 0.6 is 0 Å². The topological polar surface area (TPSA) is 51.3 Å². The van der Waals surface area contributed by atoms with Crippen LogP contribution in [0, 0.1) is 6.92 Å². The van der Waals surface area contributed by atoms with Crippen LogP contribution < -0.4 is 9.47 Å². The number of rotatable bonds is 4. The molecule has 0 radical (unpaired) electrons. The number of aromatic nitrogens is 1. The highest BCUT2D eigenvalue weighted by atomic mass is 16.5. The summed E-state index contributed by atoms with van der Waals surface area (Å²) in [6.07, 6.45) is 2.69. The molecule has 0 amide bonds. The predicted molar refractivity (Wildman–Crippen MR) is 87.0 cm³/mol. The van der Waals surface area contributed by atoms with Crippen LogP contribution in [0.3, 0.4) is 0 Å². The van der Waals surface area contributed by atoms with Crippen molar-refractivity contribution in [2.75, 3.05) is 14.2 Å². The van der Waals surface area contributed by atoms with Crippen molar-refractivity contribution in [2.24, 2.45) is 0 Å². The van der Waals surface area contributed by atoms with Gasteiger partial charge >= 0.3 is 0 Å². The Morgan fingerprint density at radius 3 is 2.32 bits per heavy atom. The molecule has 0 aliphatic heterocycles. The second-order valence-electron chi connectivity index (χ2n) is 5.13. The lowest BCUT2D eigenvalue weighted by Crippen LogP contribution is -1.95. The lowest BCUT2D eigenvalue weighted by Gasteiger charge is -2.10. The number of methoxy groups -OCH3 is 2. The zero-order valence-corrected chi connectivity index (χ0v) is 12.8. The fourth-order valence-electron chi connectivity index (χ4n) is 2.69.